The number of rotatable bonds is 5. The number of benzene rings is 2. The third-order valence-corrected chi connectivity index (χ3v) is 5.61. The Balaban J connectivity index is 1.80. The van der Waals surface area contributed by atoms with Crippen molar-refractivity contribution in [2.45, 2.75) is 12.1 Å². The Bertz CT molecular complexity index is 805. The molecule has 1 aliphatic rings. The highest BCUT2D eigenvalue weighted by Gasteiger charge is 2.49. The van der Waals surface area contributed by atoms with Crippen molar-refractivity contribution >= 4 is 22.0 Å². The van der Waals surface area contributed by atoms with Crippen LogP contribution in [0, 0.1) is 11.7 Å². The van der Waals surface area contributed by atoms with Gasteiger partial charge in [-0.05, 0) is 30.8 Å². The first kappa shape index (κ1) is 19.8. The number of nitrogens with one attached hydrogen (secondary N) is 1. The topological polar surface area (TPSA) is 61.8 Å². The predicted molar refractivity (Wildman–Crippen MR) is 104 cm³/mol. The van der Waals surface area contributed by atoms with Gasteiger partial charge in [0.15, 0.2) is 0 Å². The van der Waals surface area contributed by atoms with Gasteiger partial charge < -0.3 is 20.1 Å². The van der Waals surface area contributed by atoms with Gasteiger partial charge in [0.05, 0.1) is 5.54 Å². The largest absolute Gasteiger partial charge is 0.445 e. The van der Waals surface area contributed by atoms with Crippen molar-refractivity contribution < 1.29 is 19.0 Å². The predicted octanol–water partition coefficient (Wildman–Crippen LogP) is 3.26. The summed E-state index contributed by atoms with van der Waals surface area (Å²) in [4.78, 5) is 14.1. The van der Waals surface area contributed by atoms with E-state index in [1.54, 1.807) is 19.2 Å². The number of likely N-dealkylation sites (N-methyl/N-ethyl adjacent to an activating group) is 1. The fourth-order valence-electron chi connectivity index (χ4n) is 3.64. The molecule has 2 unspecified atom stereocenters. The summed E-state index contributed by atoms with van der Waals surface area (Å²) >= 11 is 3.37. The van der Waals surface area contributed by atoms with E-state index in [1.807, 2.05) is 30.3 Å². The minimum Gasteiger partial charge on any atom is -0.445 e. The van der Waals surface area contributed by atoms with E-state index >= 15 is 0 Å². The summed E-state index contributed by atoms with van der Waals surface area (Å²) in [7, 11) is 1.71. The third kappa shape index (κ3) is 4.00. The molecule has 2 atom stereocenters. The molecule has 2 aromatic carbocycles. The minimum atomic E-state index is -0.894. The van der Waals surface area contributed by atoms with Crippen molar-refractivity contribution in [3.05, 3.63) is 69.9 Å². The second-order valence-electron chi connectivity index (χ2n) is 6.65. The first-order chi connectivity index (χ1) is 13.0. The molecular weight excluding hydrogens is 415 g/mol. The summed E-state index contributed by atoms with van der Waals surface area (Å²) in [5.74, 6) is -0.749. The van der Waals surface area contributed by atoms with Crippen molar-refractivity contribution in [3.8, 4) is 0 Å². The lowest BCUT2D eigenvalue weighted by Crippen LogP contribution is -2.49. The minimum absolute atomic E-state index is 0.164. The highest BCUT2D eigenvalue weighted by Crippen LogP contribution is 2.39. The molecule has 2 aromatic rings. The highest BCUT2D eigenvalue weighted by molar-refractivity contribution is 9.10. The van der Waals surface area contributed by atoms with Crippen molar-refractivity contribution in [2.75, 3.05) is 26.7 Å². The molecule has 1 heterocycles. The molecule has 7 heteroatoms. The lowest BCUT2D eigenvalue weighted by molar-refractivity contribution is 0.101. The van der Waals surface area contributed by atoms with Crippen LogP contribution in [0.5, 0.6) is 0 Å². The smallest absolute Gasteiger partial charge is 0.410 e. The van der Waals surface area contributed by atoms with Gasteiger partial charge in [-0.3, -0.25) is 0 Å². The SMILES string of the molecule is CNC1(c2cc(Br)ccc2F)CN(C(=O)OCc2ccccc2)CC1CO. The number of hydrogen-bond donors (Lipinski definition) is 2. The van der Waals surface area contributed by atoms with Gasteiger partial charge in [0.2, 0.25) is 0 Å². The van der Waals surface area contributed by atoms with Crippen LogP contribution >= 0.6 is 15.9 Å². The van der Waals surface area contributed by atoms with Crippen LogP contribution in [0.3, 0.4) is 0 Å². The summed E-state index contributed by atoms with van der Waals surface area (Å²) < 4.78 is 20.7. The molecule has 3 rings (SSSR count). The molecule has 1 fully saturated rings. The summed E-state index contributed by atoms with van der Waals surface area (Å²) in [5, 5.41) is 13.1. The standard InChI is InChI=1S/C20H22BrFN2O3/c1-23-20(17-9-16(21)7-8-18(17)22)13-24(10-15(20)11-25)19(26)27-12-14-5-3-2-4-6-14/h2-9,15,23,25H,10-13H2,1H3. The molecule has 0 radical (unpaired) electrons. The van der Waals surface area contributed by atoms with Crippen LogP contribution in [0.4, 0.5) is 9.18 Å². The number of likely N-dealkylation sites (tertiary alicyclic amines) is 1. The number of halogens is 2. The lowest BCUT2D eigenvalue weighted by Gasteiger charge is -2.34. The van der Waals surface area contributed by atoms with Crippen molar-refractivity contribution in [3.63, 3.8) is 0 Å². The van der Waals surface area contributed by atoms with Gasteiger partial charge in [0, 0.05) is 35.7 Å². The summed E-state index contributed by atoms with van der Waals surface area (Å²) in [6.07, 6.45) is -0.482. The normalized spacial score (nSPS) is 22.1. The van der Waals surface area contributed by atoms with Gasteiger partial charge in [-0.15, -0.1) is 0 Å². The molecule has 5 nitrogen and oxygen atoms in total. The average Bonchev–Trinajstić information content (AvgIpc) is 3.08. The second-order valence-corrected chi connectivity index (χ2v) is 7.56. The maximum Gasteiger partial charge on any atom is 0.410 e. The van der Waals surface area contributed by atoms with E-state index in [9.17, 15) is 14.3 Å². The number of nitrogens with zero attached hydrogens (tertiary/aromatic N) is 1. The molecule has 0 aromatic heterocycles. The van der Waals surface area contributed by atoms with E-state index in [4.69, 9.17) is 4.74 Å². The number of carbonyl (C=O) groups is 1. The van der Waals surface area contributed by atoms with E-state index in [0.29, 0.717) is 5.56 Å². The zero-order valence-electron chi connectivity index (χ0n) is 15.0. The van der Waals surface area contributed by atoms with E-state index < -0.39 is 11.6 Å². The van der Waals surface area contributed by atoms with Gasteiger partial charge in [0.1, 0.15) is 12.4 Å². The molecule has 1 aliphatic heterocycles. The van der Waals surface area contributed by atoms with E-state index in [2.05, 4.69) is 21.2 Å². The zero-order valence-corrected chi connectivity index (χ0v) is 16.6. The molecule has 1 saturated heterocycles. The van der Waals surface area contributed by atoms with E-state index in [1.165, 1.54) is 11.0 Å². The molecule has 0 aliphatic carbocycles. The van der Waals surface area contributed by atoms with Gasteiger partial charge >= 0.3 is 6.09 Å². The maximum absolute atomic E-state index is 14.6. The van der Waals surface area contributed by atoms with Gasteiger partial charge in [-0.25, -0.2) is 9.18 Å². The van der Waals surface area contributed by atoms with Crippen molar-refractivity contribution in [1.29, 1.82) is 0 Å². The summed E-state index contributed by atoms with van der Waals surface area (Å²) in [6.45, 7) is 0.458. The molecule has 0 saturated carbocycles. The Labute approximate surface area is 166 Å². The number of aliphatic hydroxyl groups is 1. The number of carbonyl (C=O) groups excluding carboxylic acids is 1. The first-order valence-electron chi connectivity index (χ1n) is 8.71. The Morgan fingerprint density at radius 2 is 2.11 bits per heavy atom. The summed E-state index contributed by atoms with van der Waals surface area (Å²) in [5.41, 5.74) is 0.410. The first-order valence-corrected chi connectivity index (χ1v) is 9.50. The van der Waals surface area contributed by atoms with Crippen LogP contribution in [0.1, 0.15) is 11.1 Å². The third-order valence-electron chi connectivity index (χ3n) is 5.12. The van der Waals surface area contributed by atoms with Crippen LogP contribution in [0.25, 0.3) is 0 Å². The Kier molecular flexibility index (Phi) is 6.14. The fourth-order valence-corrected chi connectivity index (χ4v) is 4.00. The van der Waals surface area contributed by atoms with Gasteiger partial charge in [0.25, 0.3) is 0 Å². The number of amides is 1. The fraction of sp³-hybridized carbons (Fsp3) is 0.350. The van der Waals surface area contributed by atoms with Gasteiger partial charge in [-0.2, -0.15) is 0 Å². The maximum atomic E-state index is 14.6. The monoisotopic (exact) mass is 436 g/mol. The molecule has 0 spiro atoms. The molecule has 1 amide bonds. The van der Waals surface area contributed by atoms with Gasteiger partial charge in [-0.1, -0.05) is 46.3 Å². The van der Waals surface area contributed by atoms with E-state index in [0.717, 1.165) is 10.0 Å². The molecule has 27 heavy (non-hydrogen) atoms. The molecular formula is C20H22BrFN2O3. The van der Waals surface area contributed by atoms with Crippen LogP contribution < -0.4 is 5.32 Å². The van der Waals surface area contributed by atoms with E-state index in [-0.39, 0.29) is 38.0 Å². The van der Waals surface area contributed by atoms with Crippen LogP contribution in [-0.2, 0) is 16.9 Å². The number of ether oxygens (including phenoxy) is 1. The van der Waals surface area contributed by atoms with Crippen LogP contribution in [0.15, 0.2) is 53.0 Å². The molecule has 0 bridgehead atoms. The summed E-state index contributed by atoms with van der Waals surface area (Å²) in [6, 6.07) is 14.1. The highest BCUT2D eigenvalue weighted by atomic mass is 79.9. The zero-order chi connectivity index (χ0) is 19.4. The Morgan fingerprint density at radius 3 is 2.78 bits per heavy atom. The van der Waals surface area contributed by atoms with Crippen molar-refractivity contribution in [2.24, 2.45) is 5.92 Å². The van der Waals surface area contributed by atoms with Crippen LogP contribution in [-0.4, -0.2) is 42.8 Å². The number of hydrogen-bond acceptors (Lipinski definition) is 4. The average molecular weight is 437 g/mol. The second kappa shape index (κ2) is 8.37. The lowest BCUT2D eigenvalue weighted by atomic mass is 9.80. The Hall–Kier alpha value is -1.96. The molecule has 2 N–H and O–H groups in total. The van der Waals surface area contributed by atoms with Crippen LogP contribution in [0.2, 0.25) is 0 Å². The number of aliphatic hydroxyl groups excluding tert-OH is 1. The van der Waals surface area contributed by atoms with Crippen molar-refractivity contribution in [1.82, 2.24) is 10.2 Å². The quantitative estimate of drug-likeness (QED) is 0.754. The Morgan fingerprint density at radius 1 is 1.37 bits per heavy atom. The molecule has 144 valence electrons.